The maximum atomic E-state index is 15.3. The van der Waals surface area contributed by atoms with E-state index in [0.717, 1.165) is 12.8 Å². The number of likely N-dealkylation sites (tertiary alicyclic amines) is 1. The van der Waals surface area contributed by atoms with E-state index in [1.165, 1.54) is 6.07 Å². The number of rotatable bonds is 6. The van der Waals surface area contributed by atoms with Crippen LogP contribution < -0.4 is 10.5 Å². The fraction of sp³-hybridized carbons (Fsp3) is 0.231. The number of carbonyl (C=O) groups excluding carboxylic acids is 1. The van der Waals surface area contributed by atoms with E-state index in [0.29, 0.717) is 41.5 Å². The van der Waals surface area contributed by atoms with Crippen LogP contribution in [0.4, 0.5) is 10.2 Å². The van der Waals surface area contributed by atoms with Gasteiger partial charge >= 0.3 is 0 Å². The number of benzene rings is 2. The summed E-state index contributed by atoms with van der Waals surface area (Å²) in [6.45, 7) is 0.614. The van der Waals surface area contributed by atoms with Crippen molar-refractivity contribution in [3.05, 3.63) is 72.6 Å². The molecule has 4 aromatic rings. The second kappa shape index (κ2) is 9.43. The fourth-order valence-corrected chi connectivity index (χ4v) is 4.59. The SMILES string of the molecule is N#CCC(=O)N1CCCC1Cc1nc(-c2ccc(Oc3ccccc3)cc2F)c2c(N)nccn12. The third-order valence-corrected chi connectivity index (χ3v) is 6.18. The van der Waals surface area contributed by atoms with Crippen molar-refractivity contribution >= 4 is 17.2 Å². The number of ether oxygens (including phenoxy) is 1. The van der Waals surface area contributed by atoms with Gasteiger partial charge in [-0.15, -0.1) is 0 Å². The smallest absolute Gasteiger partial charge is 0.237 e. The van der Waals surface area contributed by atoms with Crippen LogP contribution in [0.5, 0.6) is 11.5 Å². The largest absolute Gasteiger partial charge is 0.457 e. The third-order valence-electron chi connectivity index (χ3n) is 6.18. The summed E-state index contributed by atoms with van der Waals surface area (Å²) >= 11 is 0. The molecule has 2 aromatic heterocycles. The Labute approximate surface area is 201 Å². The van der Waals surface area contributed by atoms with Crippen molar-refractivity contribution < 1.29 is 13.9 Å². The summed E-state index contributed by atoms with van der Waals surface area (Å²) in [4.78, 5) is 23.1. The van der Waals surface area contributed by atoms with Crippen molar-refractivity contribution in [1.29, 1.82) is 5.26 Å². The van der Waals surface area contributed by atoms with E-state index in [1.807, 2.05) is 24.3 Å². The fourth-order valence-electron chi connectivity index (χ4n) is 4.59. The van der Waals surface area contributed by atoms with Crippen LogP contribution in [-0.4, -0.2) is 37.8 Å². The lowest BCUT2D eigenvalue weighted by Crippen LogP contribution is -2.36. The van der Waals surface area contributed by atoms with Crippen LogP contribution in [0.25, 0.3) is 16.8 Å². The monoisotopic (exact) mass is 470 g/mol. The Hall–Kier alpha value is -4.45. The Kier molecular flexibility index (Phi) is 6.02. The molecule has 5 rings (SSSR count). The number of hydrogen-bond donors (Lipinski definition) is 1. The molecule has 176 valence electrons. The lowest BCUT2D eigenvalue weighted by Gasteiger charge is -2.23. The predicted octanol–water partition coefficient (Wildman–Crippen LogP) is 4.36. The Balaban J connectivity index is 1.50. The molecule has 0 spiro atoms. The number of nitriles is 1. The van der Waals surface area contributed by atoms with Crippen LogP contribution in [-0.2, 0) is 11.2 Å². The highest BCUT2D eigenvalue weighted by Gasteiger charge is 2.30. The number of nitrogens with zero attached hydrogens (tertiary/aromatic N) is 5. The first-order valence-corrected chi connectivity index (χ1v) is 11.4. The topological polar surface area (TPSA) is 110 Å². The molecule has 1 fully saturated rings. The van der Waals surface area contributed by atoms with Crippen LogP contribution in [0, 0.1) is 17.1 Å². The van der Waals surface area contributed by atoms with E-state index in [4.69, 9.17) is 20.7 Å². The van der Waals surface area contributed by atoms with E-state index in [9.17, 15) is 4.79 Å². The molecule has 0 radical (unpaired) electrons. The second-order valence-electron chi connectivity index (χ2n) is 8.39. The highest BCUT2D eigenvalue weighted by Crippen LogP contribution is 2.34. The Bertz CT molecular complexity index is 1430. The molecular formula is C26H23FN6O2. The normalized spacial score (nSPS) is 15.3. The number of para-hydroxylation sites is 1. The van der Waals surface area contributed by atoms with Gasteiger partial charge in [-0.1, -0.05) is 18.2 Å². The van der Waals surface area contributed by atoms with Crippen molar-refractivity contribution in [2.75, 3.05) is 12.3 Å². The highest BCUT2D eigenvalue weighted by atomic mass is 19.1. The summed E-state index contributed by atoms with van der Waals surface area (Å²) in [7, 11) is 0. The minimum Gasteiger partial charge on any atom is -0.457 e. The molecule has 0 bridgehead atoms. The van der Waals surface area contributed by atoms with E-state index >= 15 is 4.39 Å². The first-order chi connectivity index (χ1) is 17.0. The number of nitrogen functional groups attached to an aromatic ring is 1. The number of nitrogens with two attached hydrogens (primary N) is 1. The summed E-state index contributed by atoms with van der Waals surface area (Å²) in [6.07, 6.45) is 5.28. The van der Waals surface area contributed by atoms with E-state index in [1.54, 1.807) is 46.0 Å². The average molecular weight is 471 g/mol. The van der Waals surface area contributed by atoms with E-state index in [2.05, 4.69) is 4.98 Å². The molecule has 8 nitrogen and oxygen atoms in total. The lowest BCUT2D eigenvalue weighted by atomic mass is 10.1. The molecule has 9 heteroatoms. The zero-order chi connectivity index (χ0) is 24.4. The quantitative estimate of drug-likeness (QED) is 0.449. The van der Waals surface area contributed by atoms with Gasteiger partial charge in [0.2, 0.25) is 5.91 Å². The number of hydrogen-bond acceptors (Lipinski definition) is 6. The molecule has 2 N–H and O–H groups in total. The average Bonchev–Trinajstić information content (AvgIpc) is 3.46. The zero-order valence-corrected chi connectivity index (χ0v) is 18.9. The van der Waals surface area contributed by atoms with E-state index in [-0.39, 0.29) is 29.8 Å². The van der Waals surface area contributed by atoms with Gasteiger partial charge in [0, 0.05) is 43.0 Å². The van der Waals surface area contributed by atoms with Gasteiger partial charge in [-0.2, -0.15) is 5.26 Å². The Morgan fingerprint density at radius 3 is 2.83 bits per heavy atom. The standard InChI is InChI=1S/C26H23FN6O2/c27-21-16-19(35-18-6-2-1-3-7-18)8-9-20(21)24-25-26(29)30-12-14-33(25)22(31-24)15-17-5-4-13-32(17)23(34)10-11-28/h1-3,6-9,12,14,16-17H,4-5,10,13,15H2,(H2,29,30). The number of imidazole rings is 1. The van der Waals surface area contributed by atoms with Gasteiger partial charge in [0.05, 0.1) is 6.07 Å². The molecule has 1 atom stereocenters. The molecule has 35 heavy (non-hydrogen) atoms. The highest BCUT2D eigenvalue weighted by molar-refractivity contribution is 5.85. The molecule has 0 aliphatic carbocycles. The van der Waals surface area contributed by atoms with Gasteiger partial charge in [0.25, 0.3) is 0 Å². The Morgan fingerprint density at radius 1 is 1.23 bits per heavy atom. The van der Waals surface area contributed by atoms with Gasteiger partial charge in [-0.05, 0) is 37.1 Å². The van der Waals surface area contributed by atoms with Gasteiger partial charge in [-0.25, -0.2) is 14.4 Å². The number of fused-ring (bicyclic) bond motifs is 1. The summed E-state index contributed by atoms with van der Waals surface area (Å²) in [5.74, 6) is 1.17. The molecule has 3 heterocycles. The maximum Gasteiger partial charge on any atom is 0.237 e. The molecule has 1 amide bonds. The summed E-state index contributed by atoms with van der Waals surface area (Å²) < 4.78 is 22.8. The minimum absolute atomic E-state index is 0.0878. The lowest BCUT2D eigenvalue weighted by molar-refractivity contribution is -0.130. The summed E-state index contributed by atoms with van der Waals surface area (Å²) in [5.41, 5.74) is 7.35. The van der Waals surface area contributed by atoms with Crippen LogP contribution >= 0.6 is 0 Å². The number of amides is 1. The first kappa shape index (κ1) is 22.3. The van der Waals surface area contributed by atoms with Gasteiger partial charge in [-0.3, -0.25) is 9.20 Å². The molecule has 1 saturated heterocycles. The first-order valence-electron chi connectivity index (χ1n) is 11.4. The van der Waals surface area contributed by atoms with Crippen molar-refractivity contribution in [3.63, 3.8) is 0 Å². The third kappa shape index (κ3) is 4.38. The van der Waals surface area contributed by atoms with Crippen molar-refractivity contribution in [2.24, 2.45) is 0 Å². The molecular weight excluding hydrogens is 447 g/mol. The number of anilines is 1. The van der Waals surface area contributed by atoms with Gasteiger partial charge in [0.15, 0.2) is 0 Å². The van der Waals surface area contributed by atoms with Crippen molar-refractivity contribution in [3.8, 4) is 28.8 Å². The van der Waals surface area contributed by atoms with Crippen molar-refractivity contribution in [2.45, 2.75) is 31.7 Å². The molecule has 2 aromatic carbocycles. The molecule has 1 aliphatic heterocycles. The number of halogens is 1. The van der Waals surface area contributed by atoms with Crippen molar-refractivity contribution in [1.82, 2.24) is 19.3 Å². The minimum atomic E-state index is -0.500. The zero-order valence-electron chi connectivity index (χ0n) is 18.9. The maximum absolute atomic E-state index is 15.3. The summed E-state index contributed by atoms with van der Waals surface area (Å²) in [6, 6.07) is 15.6. The van der Waals surface area contributed by atoms with Crippen LogP contribution in [0.1, 0.15) is 25.1 Å². The molecule has 1 unspecified atom stereocenters. The number of carbonyl (C=O) groups is 1. The number of aromatic nitrogens is 3. The van der Waals surface area contributed by atoms with Gasteiger partial charge in [0.1, 0.15) is 46.6 Å². The molecule has 1 aliphatic rings. The van der Waals surface area contributed by atoms with Crippen LogP contribution in [0.15, 0.2) is 60.9 Å². The van der Waals surface area contributed by atoms with E-state index < -0.39 is 5.82 Å². The van der Waals surface area contributed by atoms with Crippen LogP contribution in [0.3, 0.4) is 0 Å². The van der Waals surface area contributed by atoms with Crippen LogP contribution in [0.2, 0.25) is 0 Å². The predicted molar refractivity (Wildman–Crippen MR) is 128 cm³/mol. The van der Waals surface area contributed by atoms with Gasteiger partial charge < -0.3 is 15.4 Å². The molecule has 0 saturated carbocycles. The second-order valence-corrected chi connectivity index (χ2v) is 8.39. The Morgan fingerprint density at radius 2 is 2.06 bits per heavy atom. The summed E-state index contributed by atoms with van der Waals surface area (Å²) in [5, 5.41) is 8.92.